The molecule has 2 aromatic carbocycles. The van der Waals surface area contributed by atoms with Crippen molar-refractivity contribution in [3.05, 3.63) is 58.9 Å². The molecule has 6 heteroatoms. The monoisotopic (exact) mass is 269 g/mol. The van der Waals surface area contributed by atoms with Crippen molar-refractivity contribution < 1.29 is 22.0 Å². The van der Waals surface area contributed by atoms with Gasteiger partial charge in [-0.25, -0.2) is 22.0 Å². The zero-order valence-corrected chi connectivity index (χ0v) is 9.15. The van der Waals surface area contributed by atoms with Gasteiger partial charge in [0.15, 0.2) is 23.3 Å². The van der Waals surface area contributed by atoms with E-state index in [1.807, 2.05) is 0 Å². The van der Waals surface area contributed by atoms with Crippen LogP contribution in [0.25, 0.3) is 11.1 Å². The van der Waals surface area contributed by atoms with E-state index in [-0.39, 0.29) is 11.1 Å². The zero-order valence-electron chi connectivity index (χ0n) is 9.15. The summed E-state index contributed by atoms with van der Waals surface area (Å²) in [6.07, 6.45) is 0. The highest BCUT2D eigenvalue weighted by Crippen LogP contribution is 2.33. The first-order valence-electron chi connectivity index (χ1n) is 5.00. The van der Waals surface area contributed by atoms with Crippen LogP contribution in [-0.2, 0) is 0 Å². The first-order chi connectivity index (χ1) is 8.99. The average molecular weight is 269 g/mol. The van der Waals surface area contributed by atoms with Crippen molar-refractivity contribution in [1.29, 1.82) is 5.26 Å². The molecular weight excluding hydrogens is 265 g/mol. The lowest BCUT2D eigenvalue weighted by atomic mass is 9.99. The number of hydrogen-bond donors (Lipinski definition) is 0. The van der Waals surface area contributed by atoms with Crippen molar-refractivity contribution in [3.63, 3.8) is 0 Å². The molecule has 0 amide bonds. The molecule has 2 aromatic rings. The van der Waals surface area contributed by atoms with Crippen LogP contribution in [-0.4, -0.2) is 0 Å². The maximum Gasteiger partial charge on any atom is 0.200 e. The van der Waals surface area contributed by atoms with E-state index < -0.39 is 34.6 Å². The lowest BCUT2D eigenvalue weighted by Crippen LogP contribution is -2.04. The van der Waals surface area contributed by atoms with Gasteiger partial charge in [-0.2, -0.15) is 5.26 Å². The molecule has 0 N–H and O–H groups in total. The van der Waals surface area contributed by atoms with Crippen LogP contribution >= 0.6 is 0 Å². The Morgan fingerprint density at radius 1 is 0.737 bits per heavy atom. The average Bonchev–Trinajstić information content (AvgIpc) is 2.44. The Hall–Kier alpha value is -2.42. The first-order valence-corrected chi connectivity index (χ1v) is 5.00. The largest absolute Gasteiger partial charge is 0.203 e. The second kappa shape index (κ2) is 4.69. The maximum atomic E-state index is 13.6. The fourth-order valence-electron chi connectivity index (χ4n) is 1.64. The normalized spacial score (nSPS) is 10.3. The molecule has 19 heavy (non-hydrogen) atoms. The third kappa shape index (κ3) is 1.93. The standard InChI is InChI=1S/C13H4F5N/c14-9-8(7-4-2-1-3-6(7)5-19)10(15)12(17)13(18)11(9)16/h1-4H. The second-order valence-electron chi connectivity index (χ2n) is 3.60. The minimum atomic E-state index is -2.23. The van der Waals surface area contributed by atoms with Gasteiger partial charge in [-0.15, -0.1) is 0 Å². The van der Waals surface area contributed by atoms with E-state index in [0.717, 1.165) is 6.07 Å². The van der Waals surface area contributed by atoms with Gasteiger partial charge in [0.1, 0.15) is 0 Å². The Balaban J connectivity index is 2.88. The van der Waals surface area contributed by atoms with Crippen molar-refractivity contribution in [2.75, 3.05) is 0 Å². The lowest BCUT2D eigenvalue weighted by Gasteiger charge is -2.09. The summed E-state index contributed by atoms with van der Waals surface area (Å²) in [5.41, 5.74) is -1.64. The summed E-state index contributed by atoms with van der Waals surface area (Å²) in [7, 11) is 0. The topological polar surface area (TPSA) is 23.8 Å². The number of nitriles is 1. The highest BCUT2D eigenvalue weighted by Gasteiger charge is 2.27. The van der Waals surface area contributed by atoms with Crippen LogP contribution in [0, 0.1) is 40.4 Å². The molecule has 96 valence electrons. The molecule has 0 aliphatic heterocycles. The molecule has 0 bridgehead atoms. The number of nitrogens with zero attached hydrogens (tertiary/aromatic N) is 1. The quantitative estimate of drug-likeness (QED) is 0.437. The molecule has 0 fully saturated rings. The van der Waals surface area contributed by atoms with Crippen LogP contribution in [0.15, 0.2) is 24.3 Å². The van der Waals surface area contributed by atoms with Crippen LogP contribution in [0.3, 0.4) is 0 Å². The van der Waals surface area contributed by atoms with Crippen molar-refractivity contribution in [1.82, 2.24) is 0 Å². The molecule has 0 saturated heterocycles. The van der Waals surface area contributed by atoms with Gasteiger partial charge >= 0.3 is 0 Å². The number of halogens is 5. The van der Waals surface area contributed by atoms with E-state index in [9.17, 15) is 22.0 Å². The number of rotatable bonds is 1. The lowest BCUT2D eigenvalue weighted by molar-refractivity contribution is 0.381. The maximum absolute atomic E-state index is 13.6. The highest BCUT2D eigenvalue weighted by atomic mass is 19.2. The van der Waals surface area contributed by atoms with Gasteiger partial charge in [0, 0.05) is 5.56 Å². The third-order valence-corrected chi connectivity index (χ3v) is 2.53. The van der Waals surface area contributed by atoms with Gasteiger partial charge in [-0.3, -0.25) is 0 Å². The number of benzene rings is 2. The molecule has 0 spiro atoms. The van der Waals surface area contributed by atoms with Gasteiger partial charge in [-0.05, 0) is 6.07 Å². The van der Waals surface area contributed by atoms with E-state index in [1.165, 1.54) is 18.2 Å². The van der Waals surface area contributed by atoms with Crippen LogP contribution in [0.4, 0.5) is 22.0 Å². The van der Waals surface area contributed by atoms with Gasteiger partial charge in [0.05, 0.1) is 17.2 Å². The zero-order chi connectivity index (χ0) is 14.2. The second-order valence-corrected chi connectivity index (χ2v) is 3.60. The van der Waals surface area contributed by atoms with E-state index in [2.05, 4.69) is 0 Å². The number of hydrogen-bond acceptors (Lipinski definition) is 1. The van der Waals surface area contributed by atoms with Crippen molar-refractivity contribution in [2.45, 2.75) is 0 Å². The fraction of sp³-hybridized carbons (Fsp3) is 0. The van der Waals surface area contributed by atoms with Gasteiger partial charge < -0.3 is 0 Å². The molecule has 0 unspecified atom stereocenters. The predicted molar refractivity (Wildman–Crippen MR) is 56.4 cm³/mol. The third-order valence-electron chi connectivity index (χ3n) is 2.53. The fourth-order valence-corrected chi connectivity index (χ4v) is 1.64. The summed E-state index contributed by atoms with van der Waals surface area (Å²) in [4.78, 5) is 0. The smallest absolute Gasteiger partial charge is 0.200 e. The summed E-state index contributed by atoms with van der Waals surface area (Å²) in [6, 6.07) is 6.69. The van der Waals surface area contributed by atoms with E-state index >= 15 is 0 Å². The van der Waals surface area contributed by atoms with Crippen LogP contribution in [0.1, 0.15) is 5.56 Å². The minimum absolute atomic E-state index is 0.189. The van der Waals surface area contributed by atoms with E-state index in [4.69, 9.17) is 5.26 Å². The van der Waals surface area contributed by atoms with Crippen molar-refractivity contribution in [2.24, 2.45) is 0 Å². The van der Waals surface area contributed by atoms with Crippen molar-refractivity contribution >= 4 is 0 Å². The molecule has 0 aliphatic rings. The highest BCUT2D eigenvalue weighted by molar-refractivity contribution is 5.71. The Morgan fingerprint density at radius 2 is 1.21 bits per heavy atom. The molecule has 0 radical (unpaired) electrons. The summed E-state index contributed by atoms with van der Waals surface area (Å²) in [5, 5.41) is 8.80. The Kier molecular flexibility index (Phi) is 3.21. The van der Waals surface area contributed by atoms with Gasteiger partial charge in [-0.1, -0.05) is 18.2 Å². The van der Waals surface area contributed by atoms with Crippen LogP contribution < -0.4 is 0 Å². The Labute approximate surface area is 104 Å². The first kappa shape index (κ1) is 13.0. The molecule has 0 heterocycles. The summed E-state index contributed by atoms with van der Waals surface area (Å²) in [6.45, 7) is 0. The van der Waals surface area contributed by atoms with Crippen LogP contribution in [0.2, 0.25) is 0 Å². The summed E-state index contributed by atoms with van der Waals surface area (Å²) < 4.78 is 66.2. The molecule has 0 aromatic heterocycles. The van der Waals surface area contributed by atoms with Crippen molar-refractivity contribution in [3.8, 4) is 17.2 Å². The molecular formula is C13H4F5N. The Morgan fingerprint density at radius 3 is 1.74 bits per heavy atom. The van der Waals surface area contributed by atoms with E-state index in [1.54, 1.807) is 6.07 Å². The summed E-state index contributed by atoms with van der Waals surface area (Å²) >= 11 is 0. The Bertz CT molecular complexity index is 674. The predicted octanol–water partition coefficient (Wildman–Crippen LogP) is 3.92. The van der Waals surface area contributed by atoms with E-state index in [0.29, 0.717) is 0 Å². The minimum Gasteiger partial charge on any atom is -0.203 e. The molecule has 2 rings (SSSR count). The molecule has 0 aliphatic carbocycles. The van der Waals surface area contributed by atoms with Crippen LogP contribution in [0.5, 0.6) is 0 Å². The molecule has 0 atom stereocenters. The summed E-state index contributed by atoms with van der Waals surface area (Å²) in [5.74, 6) is -10.2. The van der Waals surface area contributed by atoms with Gasteiger partial charge in [0.25, 0.3) is 0 Å². The molecule has 0 saturated carbocycles. The molecule has 1 nitrogen and oxygen atoms in total. The SMILES string of the molecule is N#Cc1ccccc1-c1c(F)c(F)c(F)c(F)c1F. The van der Waals surface area contributed by atoms with Gasteiger partial charge in [0.2, 0.25) is 5.82 Å².